The highest BCUT2D eigenvalue weighted by Crippen LogP contribution is 2.14. The smallest absolute Gasteiger partial charge is 0.347 e. The van der Waals surface area contributed by atoms with Gasteiger partial charge in [0.15, 0.2) is 5.57 Å². The number of carbonyl (C=O) groups is 3. The quantitative estimate of drug-likeness (QED) is 0.228. The largest absolute Gasteiger partial charge is 0.462 e. The van der Waals surface area contributed by atoms with Crippen LogP contribution < -0.4 is 5.32 Å². The topological polar surface area (TPSA) is 90.9 Å². The molecule has 0 fully saturated rings. The van der Waals surface area contributed by atoms with E-state index in [1.54, 1.807) is 62.4 Å². The average molecular weight is 397 g/mol. The first-order valence-electron chi connectivity index (χ1n) is 9.17. The maximum atomic E-state index is 12.0. The Kier molecular flexibility index (Phi) is 8.44. The highest BCUT2D eigenvalue weighted by molar-refractivity contribution is 6.14. The number of esters is 3. The van der Waals surface area contributed by atoms with Crippen molar-refractivity contribution in [3.63, 3.8) is 0 Å². The van der Waals surface area contributed by atoms with Crippen molar-refractivity contribution in [2.45, 2.75) is 20.5 Å². The fourth-order valence-corrected chi connectivity index (χ4v) is 2.33. The van der Waals surface area contributed by atoms with Crippen LogP contribution in [0.25, 0.3) is 0 Å². The number of hydrogen-bond acceptors (Lipinski definition) is 7. The minimum Gasteiger partial charge on any atom is -0.462 e. The van der Waals surface area contributed by atoms with Crippen LogP contribution in [0.5, 0.6) is 0 Å². The molecule has 29 heavy (non-hydrogen) atoms. The summed E-state index contributed by atoms with van der Waals surface area (Å²) >= 11 is 0. The maximum Gasteiger partial charge on any atom is 0.347 e. The van der Waals surface area contributed by atoms with Crippen molar-refractivity contribution in [2.75, 3.05) is 18.5 Å². The molecule has 0 aliphatic carbocycles. The molecule has 0 aliphatic heterocycles. The molecule has 0 saturated heterocycles. The van der Waals surface area contributed by atoms with E-state index in [4.69, 9.17) is 14.2 Å². The van der Waals surface area contributed by atoms with Gasteiger partial charge in [-0.05, 0) is 43.7 Å². The summed E-state index contributed by atoms with van der Waals surface area (Å²) in [7, 11) is 0. The van der Waals surface area contributed by atoms with E-state index in [9.17, 15) is 14.4 Å². The fraction of sp³-hybridized carbons (Fsp3) is 0.227. The molecule has 2 rings (SSSR count). The molecule has 7 heteroatoms. The monoisotopic (exact) mass is 397 g/mol. The molecular formula is C22H23NO6. The van der Waals surface area contributed by atoms with E-state index in [0.717, 1.165) is 5.56 Å². The van der Waals surface area contributed by atoms with E-state index in [2.05, 4.69) is 5.32 Å². The Morgan fingerprint density at radius 1 is 0.862 bits per heavy atom. The minimum atomic E-state index is -0.772. The van der Waals surface area contributed by atoms with Gasteiger partial charge in [-0.2, -0.15) is 0 Å². The Balaban J connectivity index is 2.05. The summed E-state index contributed by atoms with van der Waals surface area (Å²) in [5.41, 5.74) is 1.57. The number of anilines is 1. The Hall–Kier alpha value is -3.61. The normalized spacial score (nSPS) is 9.86. The lowest BCUT2D eigenvalue weighted by molar-refractivity contribution is -0.146. The average Bonchev–Trinajstić information content (AvgIpc) is 2.73. The molecule has 0 amide bonds. The van der Waals surface area contributed by atoms with Crippen molar-refractivity contribution in [3.8, 4) is 0 Å². The van der Waals surface area contributed by atoms with Gasteiger partial charge in [-0.25, -0.2) is 14.4 Å². The summed E-state index contributed by atoms with van der Waals surface area (Å²) in [5, 5.41) is 2.88. The van der Waals surface area contributed by atoms with Crippen molar-refractivity contribution in [1.82, 2.24) is 0 Å². The van der Waals surface area contributed by atoms with Gasteiger partial charge in [-0.1, -0.05) is 30.3 Å². The number of carbonyl (C=O) groups excluding carboxylic acids is 3. The molecule has 0 radical (unpaired) electrons. The lowest BCUT2D eigenvalue weighted by Crippen LogP contribution is -2.19. The molecule has 1 N–H and O–H groups in total. The summed E-state index contributed by atoms with van der Waals surface area (Å²) in [4.78, 5) is 36.0. The second kappa shape index (κ2) is 11.3. The Morgan fingerprint density at radius 3 is 2.14 bits per heavy atom. The van der Waals surface area contributed by atoms with Gasteiger partial charge in [-0.15, -0.1) is 0 Å². The zero-order valence-electron chi connectivity index (χ0n) is 16.3. The molecule has 2 aromatic rings. The first-order chi connectivity index (χ1) is 14.0. The van der Waals surface area contributed by atoms with Gasteiger partial charge in [0.2, 0.25) is 0 Å². The van der Waals surface area contributed by atoms with Crippen LogP contribution in [-0.4, -0.2) is 31.1 Å². The summed E-state index contributed by atoms with van der Waals surface area (Å²) in [6.07, 6.45) is 1.24. The zero-order valence-corrected chi connectivity index (χ0v) is 16.3. The van der Waals surface area contributed by atoms with Gasteiger partial charge < -0.3 is 19.5 Å². The molecule has 0 spiro atoms. The third kappa shape index (κ3) is 6.80. The van der Waals surface area contributed by atoms with Crippen LogP contribution in [0, 0.1) is 0 Å². The minimum absolute atomic E-state index is 0.0789. The third-order valence-corrected chi connectivity index (χ3v) is 3.68. The number of ether oxygens (including phenoxy) is 3. The standard InChI is InChI=1S/C22H23NO6/c1-3-27-21(25)19(22(26)28-4-2)14-23-18-12-8-9-16(13-18)15-29-20(24)17-10-6-5-7-11-17/h5-14,23H,3-4,15H2,1-2H3. The molecule has 0 unspecified atom stereocenters. The Morgan fingerprint density at radius 2 is 1.52 bits per heavy atom. The number of hydrogen-bond donors (Lipinski definition) is 1. The molecule has 0 heterocycles. The Labute approximate surface area is 169 Å². The van der Waals surface area contributed by atoms with Crippen molar-refractivity contribution in [2.24, 2.45) is 0 Å². The van der Waals surface area contributed by atoms with Crippen LogP contribution in [0.1, 0.15) is 29.8 Å². The van der Waals surface area contributed by atoms with Crippen LogP contribution >= 0.6 is 0 Å². The molecule has 0 bridgehead atoms. The summed E-state index contributed by atoms with van der Waals surface area (Å²) in [6.45, 7) is 3.65. The van der Waals surface area contributed by atoms with Crippen molar-refractivity contribution < 1.29 is 28.6 Å². The van der Waals surface area contributed by atoms with E-state index in [1.807, 2.05) is 6.07 Å². The molecule has 7 nitrogen and oxygen atoms in total. The molecule has 152 valence electrons. The number of nitrogens with one attached hydrogen (secondary N) is 1. The molecule has 0 saturated carbocycles. The molecular weight excluding hydrogens is 374 g/mol. The Bertz CT molecular complexity index is 856. The van der Waals surface area contributed by atoms with Crippen LogP contribution in [0.2, 0.25) is 0 Å². The molecule has 0 atom stereocenters. The van der Waals surface area contributed by atoms with Gasteiger partial charge in [0.1, 0.15) is 6.61 Å². The number of benzene rings is 2. The van der Waals surface area contributed by atoms with Crippen LogP contribution in [0.4, 0.5) is 5.69 Å². The van der Waals surface area contributed by atoms with Gasteiger partial charge in [-0.3, -0.25) is 0 Å². The first kappa shape index (κ1) is 21.7. The molecule has 0 aliphatic rings. The SMILES string of the molecule is CCOC(=O)C(=CNc1cccc(COC(=O)c2ccccc2)c1)C(=O)OCC. The molecule has 0 aromatic heterocycles. The molecule has 2 aromatic carbocycles. The summed E-state index contributed by atoms with van der Waals surface area (Å²) < 4.78 is 15.1. The van der Waals surface area contributed by atoms with Crippen molar-refractivity contribution >= 4 is 23.6 Å². The van der Waals surface area contributed by atoms with E-state index in [0.29, 0.717) is 11.3 Å². The predicted octanol–water partition coefficient (Wildman–Crippen LogP) is 3.47. The van der Waals surface area contributed by atoms with Gasteiger partial charge in [0.05, 0.1) is 18.8 Å². The van der Waals surface area contributed by atoms with Gasteiger partial charge in [0.25, 0.3) is 0 Å². The first-order valence-corrected chi connectivity index (χ1v) is 9.17. The third-order valence-electron chi connectivity index (χ3n) is 3.68. The predicted molar refractivity (Wildman–Crippen MR) is 107 cm³/mol. The van der Waals surface area contributed by atoms with E-state index >= 15 is 0 Å². The van der Waals surface area contributed by atoms with Crippen molar-refractivity contribution in [3.05, 3.63) is 77.5 Å². The summed E-state index contributed by atoms with van der Waals surface area (Å²) in [6, 6.07) is 15.7. The summed E-state index contributed by atoms with van der Waals surface area (Å²) in [5.74, 6) is -1.96. The number of rotatable bonds is 9. The highest BCUT2D eigenvalue weighted by atomic mass is 16.6. The lowest BCUT2D eigenvalue weighted by atomic mass is 10.2. The second-order valence-electron chi connectivity index (χ2n) is 5.79. The van der Waals surface area contributed by atoms with E-state index in [1.165, 1.54) is 6.20 Å². The second-order valence-corrected chi connectivity index (χ2v) is 5.79. The fourth-order valence-electron chi connectivity index (χ4n) is 2.33. The van der Waals surface area contributed by atoms with Crippen LogP contribution in [0.3, 0.4) is 0 Å². The zero-order chi connectivity index (χ0) is 21.1. The maximum absolute atomic E-state index is 12.0. The van der Waals surface area contributed by atoms with E-state index < -0.39 is 17.9 Å². The lowest BCUT2D eigenvalue weighted by Gasteiger charge is -2.09. The van der Waals surface area contributed by atoms with Crippen LogP contribution in [0.15, 0.2) is 66.4 Å². The van der Waals surface area contributed by atoms with Crippen LogP contribution in [-0.2, 0) is 30.4 Å². The van der Waals surface area contributed by atoms with E-state index in [-0.39, 0.29) is 25.4 Å². The van der Waals surface area contributed by atoms with Crippen molar-refractivity contribution in [1.29, 1.82) is 0 Å². The van der Waals surface area contributed by atoms with Gasteiger partial charge >= 0.3 is 17.9 Å². The van der Waals surface area contributed by atoms with Gasteiger partial charge in [0, 0.05) is 11.9 Å². The highest BCUT2D eigenvalue weighted by Gasteiger charge is 2.20.